The quantitative estimate of drug-likeness (QED) is 0.593. The summed E-state index contributed by atoms with van der Waals surface area (Å²) in [6, 6.07) is 10.9. The first-order chi connectivity index (χ1) is 12.5. The van der Waals surface area contributed by atoms with Crippen LogP contribution >= 0.6 is 0 Å². The van der Waals surface area contributed by atoms with Crippen molar-refractivity contribution in [2.45, 2.75) is 10.6 Å². The van der Waals surface area contributed by atoms with Crippen LogP contribution in [0.1, 0.15) is 5.89 Å². The van der Waals surface area contributed by atoms with Gasteiger partial charge in [0.25, 0.3) is 0 Å². The van der Waals surface area contributed by atoms with E-state index in [9.17, 15) is 25.8 Å². The molecule has 0 unspecified atom stereocenters. The molecule has 27 heavy (non-hydrogen) atoms. The first-order valence-corrected chi connectivity index (χ1v) is 11.0. The summed E-state index contributed by atoms with van der Waals surface area (Å²) in [5.41, 5.74) is 1.07. The molecule has 0 N–H and O–H groups in total. The van der Waals surface area contributed by atoms with Crippen molar-refractivity contribution in [2.24, 2.45) is 0 Å². The fourth-order valence-corrected chi connectivity index (χ4v) is 3.49. The minimum absolute atomic E-state index is 0.0939. The van der Waals surface area contributed by atoms with E-state index in [0.29, 0.717) is 11.1 Å². The SMILES string of the molecule is CS(=O)(=O)c1ccc(-c2oc(CS(=O)(=O)[O-])nc2-c2ccc(F)cc2)cc1. The molecule has 0 saturated carbocycles. The number of aromatic nitrogens is 1. The molecule has 0 fully saturated rings. The molecule has 7 nitrogen and oxygen atoms in total. The van der Waals surface area contributed by atoms with E-state index in [1.54, 1.807) is 0 Å². The molecule has 2 aromatic carbocycles. The smallest absolute Gasteiger partial charge is 0.209 e. The molecule has 10 heteroatoms. The van der Waals surface area contributed by atoms with Crippen LogP contribution in [0.4, 0.5) is 4.39 Å². The third-order valence-electron chi connectivity index (χ3n) is 3.63. The number of sulfone groups is 1. The fraction of sp³-hybridized carbons (Fsp3) is 0.118. The largest absolute Gasteiger partial charge is 0.748 e. The minimum atomic E-state index is -4.62. The van der Waals surface area contributed by atoms with Crippen LogP contribution < -0.4 is 0 Å². The lowest BCUT2D eigenvalue weighted by molar-refractivity contribution is 0.449. The molecule has 0 aliphatic carbocycles. The molecule has 3 aromatic rings. The van der Waals surface area contributed by atoms with Crippen molar-refractivity contribution in [2.75, 3.05) is 6.26 Å². The van der Waals surface area contributed by atoms with Crippen LogP contribution in [0.2, 0.25) is 0 Å². The molecule has 0 aliphatic heterocycles. The van der Waals surface area contributed by atoms with Gasteiger partial charge in [-0.3, -0.25) is 0 Å². The zero-order chi connectivity index (χ0) is 19.8. The van der Waals surface area contributed by atoms with Gasteiger partial charge in [0.05, 0.1) is 4.90 Å². The molecule has 1 aromatic heterocycles. The van der Waals surface area contributed by atoms with Gasteiger partial charge in [-0.05, 0) is 48.5 Å². The number of halogens is 1. The molecule has 0 amide bonds. The Balaban J connectivity index is 2.13. The maximum Gasteiger partial charge on any atom is 0.209 e. The van der Waals surface area contributed by atoms with Crippen LogP contribution in [0.5, 0.6) is 0 Å². The number of oxazole rings is 1. The molecule has 1 heterocycles. The predicted octanol–water partition coefficient (Wildman–Crippen LogP) is 2.60. The van der Waals surface area contributed by atoms with Gasteiger partial charge in [-0.2, -0.15) is 0 Å². The van der Waals surface area contributed by atoms with Crippen molar-refractivity contribution in [3.63, 3.8) is 0 Å². The molecule has 3 rings (SSSR count). The fourth-order valence-electron chi connectivity index (χ4n) is 2.43. The van der Waals surface area contributed by atoms with Crippen LogP contribution in [0.15, 0.2) is 57.8 Å². The van der Waals surface area contributed by atoms with E-state index in [1.165, 1.54) is 48.5 Å². The van der Waals surface area contributed by atoms with Crippen LogP contribution in [0, 0.1) is 5.82 Å². The summed E-state index contributed by atoms with van der Waals surface area (Å²) in [7, 11) is -8.02. The van der Waals surface area contributed by atoms with Crippen molar-refractivity contribution in [3.8, 4) is 22.6 Å². The van der Waals surface area contributed by atoms with Gasteiger partial charge in [-0.1, -0.05) is 0 Å². The van der Waals surface area contributed by atoms with Gasteiger partial charge in [0.2, 0.25) is 5.89 Å². The van der Waals surface area contributed by atoms with Crippen LogP contribution in [0.3, 0.4) is 0 Å². The Bertz CT molecular complexity index is 1180. The highest BCUT2D eigenvalue weighted by Crippen LogP contribution is 2.33. The van der Waals surface area contributed by atoms with Crippen molar-refractivity contribution < 1.29 is 30.2 Å². The minimum Gasteiger partial charge on any atom is -0.748 e. The Labute approximate surface area is 155 Å². The number of rotatable bonds is 5. The van der Waals surface area contributed by atoms with Crippen LogP contribution in [-0.4, -0.2) is 32.6 Å². The Hall–Kier alpha value is -2.56. The number of benzene rings is 2. The molecule has 0 saturated heterocycles. The Morgan fingerprint density at radius 3 is 2.04 bits per heavy atom. The van der Waals surface area contributed by atoms with Gasteiger partial charge in [0, 0.05) is 17.4 Å². The van der Waals surface area contributed by atoms with E-state index >= 15 is 0 Å². The molecule has 0 bridgehead atoms. The van der Waals surface area contributed by atoms with Gasteiger partial charge in [0.15, 0.2) is 15.6 Å². The topological polar surface area (TPSA) is 117 Å². The summed E-state index contributed by atoms with van der Waals surface area (Å²) in [6.07, 6.45) is 1.07. The van der Waals surface area contributed by atoms with Gasteiger partial charge < -0.3 is 8.97 Å². The molecule has 0 aliphatic rings. The number of nitrogens with zero attached hydrogens (tertiary/aromatic N) is 1. The monoisotopic (exact) mass is 410 g/mol. The van der Waals surface area contributed by atoms with Gasteiger partial charge in [0.1, 0.15) is 27.4 Å². The lowest BCUT2D eigenvalue weighted by Crippen LogP contribution is -2.02. The Morgan fingerprint density at radius 2 is 1.52 bits per heavy atom. The summed E-state index contributed by atoms with van der Waals surface area (Å²) < 4.78 is 74.9. The number of hydrogen-bond donors (Lipinski definition) is 0. The van der Waals surface area contributed by atoms with Crippen molar-refractivity contribution in [3.05, 3.63) is 60.2 Å². The third-order valence-corrected chi connectivity index (χ3v) is 5.36. The second-order valence-corrected chi connectivity index (χ2v) is 9.21. The molecule has 0 atom stereocenters. The first-order valence-electron chi connectivity index (χ1n) is 7.53. The van der Waals surface area contributed by atoms with Crippen molar-refractivity contribution >= 4 is 20.0 Å². The highest BCUT2D eigenvalue weighted by atomic mass is 32.2. The second kappa shape index (κ2) is 6.87. The van der Waals surface area contributed by atoms with Gasteiger partial charge >= 0.3 is 0 Å². The van der Waals surface area contributed by atoms with E-state index in [2.05, 4.69) is 4.98 Å². The summed E-state index contributed by atoms with van der Waals surface area (Å²) in [5.74, 6) is -1.58. The van der Waals surface area contributed by atoms with Crippen LogP contribution in [-0.2, 0) is 25.7 Å². The normalized spacial score (nSPS) is 12.3. The average molecular weight is 410 g/mol. The number of hydrogen-bond acceptors (Lipinski definition) is 7. The van der Waals surface area contributed by atoms with E-state index < -0.39 is 31.5 Å². The van der Waals surface area contributed by atoms with E-state index in [0.717, 1.165) is 6.26 Å². The maximum absolute atomic E-state index is 13.2. The standard InChI is InChI=1S/C17H14FNO6S2/c1-26(20,21)14-8-4-12(5-9-14)17-16(11-2-6-13(18)7-3-11)19-15(25-17)10-27(22,23)24/h2-9H,10H2,1H3,(H,22,23,24)/p-1. The lowest BCUT2D eigenvalue weighted by Gasteiger charge is -2.03. The zero-order valence-electron chi connectivity index (χ0n) is 13.9. The Morgan fingerprint density at radius 1 is 0.963 bits per heavy atom. The first kappa shape index (κ1) is 19.2. The lowest BCUT2D eigenvalue weighted by atomic mass is 10.1. The molecular formula is C17H13FNO6S2-. The molecular weight excluding hydrogens is 397 g/mol. The summed E-state index contributed by atoms with van der Waals surface area (Å²) >= 11 is 0. The highest BCUT2D eigenvalue weighted by molar-refractivity contribution is 7.90. The van der Waals surface area contributed by atoms with Gasteiger partial charge in [-0.25, -0.2) is 26.2 Å². The maximum atomic E-state index is 13.2. The van der Waals surface area contributed by atoms with Gasteiger partial charge in [-0.15, -0.1) is 0 Å². The summed E-state index contributed by atoms with van der Waals surface area (Å²) in [4.78, 5) is 4.15. The van der Waals surface area contributed by atoms with Crippen LogP contribution in [0.25, 0.3) is 22.6 Å². The second-order valence-electron chi connectivity index (χ2n) is 5.79. The van der Waals surface area contributed by atoms with E-state index in [-0.39, 0.29) is 22.2 Å². The highest BCUT2D eigenvalue weighted by Gasteiger charge is 2.19. The predicted molar refractivity (Wildman–Crippen MR) is 93.8 cm³/mol. The van der Waals surface area contributed by atoms with E-state index in [1.807, 2.05) is 0 Å². The summed E-state index contributed by atoms with van der Waals surface area (Å²) in [5, 5.41) is 0. The van der Waals surface area contributed by atoms with Crippen molar-refractivity contribution in [1.82, 2.24) is 4.98 Å². The molecule has 142 valence electrons. The Kier molecular flexibility index (Phi) is 4.89. The summed E-state index contributed by atoms with van der Waals surface area (Å²) in [6.45, 7) is 0. The zero-order valence-corrected chi connectivity index (χ0v) is 15.6. The average Bonchev–Trinajstić information content (AvgIpc) is 2.96. The van der Waals surface area contributed by atoms with E-state index in [4.69, 9.17) is 4.42 Å². The third kappa shape index (κ3) is 4.59. The van der Waals surface area contributed by atoms with Crippen molar-refractivity contribution in [1.29, 1.82) is 0 Å². The molecule has 0 spiro atoms. The molecule has 0 radical (unpaired) electrons.